The molecule has 5 nitrogen and oxygen atoms in total. The second kappa shape index (κ2) is 2.79. The zero-order valence-electron chi connectivity index (χ0n) is 8.03. The second-order valence-corrected chi connectivity index (χ2v) is 3.84. The van der Waals surface area contributed by atoms with Crippen molar-refractivity contribution in [3.8, 4) is 0 Å². The summed E-state index contributed by atoms with van der Waals surface area (Å²) in [4.78, 5) is 15.5. The standard InChI is InChI=1S/C10H10N4O/c11-10(15)9-8-7(13-14-9)4-3-6(12-8)5-1-2-5/h3-5H,1-2H2,(H2,11,15)(H,13,14). The summed E-state index contributed by atoms with van der Waals surface area (Å²) in [5, 5.41) is 6.60. The first-order valence-electron chi connectivity index (χ1n) is 4.90. The van der Waals surface area contributed by atoms with Crippen LogP contribution >= 0.6 is 0 Å². The third-order valence-corrected chi connectivity index (χ3v) is 2.66. The number of nitrogens with zero attached hydrogens (tertiary/aromatic N) is 2. The number of rotatable bonds is 2. The highest BCUT2D eigenvalue weighted by molar-refractivity contribution is 6.02. The molecule has 1 aliphatic carbocycles. The van der Waals surface area contributed by atoms with E-state index in [9.17, 15) is 4.79 Å². The predicted octanol–water partition coefficient (Wildman–Crippen LogP) is 0.934. The number of hydrogen-bond acceptors (Lipinski definition) is 3. The Morgan fingerprint density at radius 1 is 1.47 bits per heavy atom. The Kier molecular flexibility index (Phi) is 1.56. The lowest BCUT2D eigenvalue weighted by molar-refractivity contribution is 0.0997. The van der Waals surface area contributed by atoms with Crippen LogP contribution in [0.3, 0.4) is 0 Å². The molecule has 1 amide bonds. The van der Waals surface area contributed by atoms with Crippen LogP contribution < -0.4 is 5.73 Å². The first-order chi connectivity index (χ1) is 7.25. The predicted molar refractivity (Wildman–Crippen MR) is 54.4 cm³/mol. The molecule has 0 aliphatic heterocycles. The maximum atomic E-state index is 11.1. The lowest BCUT2D eigenvalue weighted by atomic mass is 10.2. The van der Waals surface area contributed by atoms with Crippen molar-refractivity contribution in [2.45, 2.75) is 18.8 Å². The molecular formula is C10H10N4O. The fraction of sp³-hybridized carbons (Fsp3) is 0.300. The van der Waals surface area contributed by atoms with Crippen molar-refractivity contribution < 1.29 is 4.79 Å². The van der Waals surface area contributed by atoms with Crippen LogP contribution in [0.25, 0.3) is 11.0 Å². The van der Waals surface area contributed by atoms with Gasteiger partial charge in [0.25, 0.3) is 5.91 Å². The van der Waals surface area contributed by atoms with Crippen LogP contribution in [0.1, 0.15) is 34.9 Å². The molecule has 2 aromatic heterocycles. The number of aromatic nitrogens is 3. The number of pyridine rings is 1. The van der Waals surface area contributed by atoms with Gasteiger partial charge in [0.1, 0.15) is 5.52 Å². The number of fused-ring (bicyclic) bond motifs is 1. The molecule has 1 fully saturated rings. The largest absolute Gasteiger partial charge is 0.364 e. The Labute approximate surface area is 85.7 Å². The van der Waals surface area contributed by atoms with Gasteiger partial charge in [0.2, 0.25) is 0 Å². The molecule has 76 valence electrons. The summed E-state index contributed by atoms with van der Waals surface area (Å²) in [6.45, 7) is 0. The summed E-state index contributed by atoms with van der Waals surface area (Å²) in [5.74, 6) is 0.0201. The summed E-state index contributed by atoms with van der Waals surface area (Å²) in [6, 6.07) is 3.87. The van der Waals surface area contributed by atoms with Crippen molar-refractivity contribution in [3.05, 3.63) is 23.5 Å². The van der Waals surface area contributed by atoms with E-state index in [4.69, 9.17) is 5.73 Å². The van der Waals surface area contributed by atoms with Crippen LogP contribution in [0, 0.1) is 0 Å². The Hall–Kier alpha value is -1.91. The quantitative estimate of drug-likeness (QED) is 0.759. The van der Waals surface area contributed by atoms with Gasteiger partial charge in [-0.15, -0.1) is 0 Å². The molecule has 15 heavy (non-hydrogen) atoms. The monoisotopic (exact) mass is 202 g/mol. The van der Waals surface area contributed by atoms with Gasteiger partial charge in [-0.1, -0.05) is 0 Å². The van der Waals surface area contributed by atoms with Gasteiger partial charge in [0, 0.05) is 11.6 Å². The Morgan fingerprint density at radius 2 is 2.27 bits per heavy atom. The fourth-order valence-corrected chi connectivity index (χ4v) is 1.69. The van der Waals surface area contributed by atoms with Gasteiger partial charge in [-0.2, -0.15) is 5.10 Å². The summed E-state index contributed by atoms with van der Waals surface area (Å²) >= 11 is 0. The summed E-state index contributed by atoms with van der Waals surface area (Å²) in [6.07, 6.45) is 2.37. The summed E-state index contributed by atoms with van der Waals surface area (Å²) in [5.41, 5.74) is 7.81. The van der Waals surface area contributed by atoms with Crippen molar-refractivity contribution in [2.75, 3.05) is 0 Å². The second-order valence-electron chi connectivity index (χ2n) is 3.84. The normalized spacial score (nSPS) is 15.7. The van der Waals surface area contributed by atoms with E-state index in [1.54, 1.807) is 0 Å². The van der Waals surface area contributed by atoms with E-state index in [2.05, 4.69) is 15.2 Å². The van der Waals surface area contributed by atoms with Gasteiger partial charge in [-0.3, -0.25) is 9.89 Å². The van der Waals surface area contributed by atoms with Gasteiger partial charge < -0.3 is 5.73 Å². The average molecular weight is 202 g/mol. The molecule has 5 heteroatoms. The topological polar surface area (TPSA) is 84.7 Å². The minimum absolute atomic E-state index is 0.229. The highest BCUT2D eigenvalue weighted by Gasteiger charge is 2.25. The number of hydrogen-bond donors (Lipinski definition) is 2. The minimum Gasteiger partial charge on any atom is -0.364 e. The number of carbonyl (C=O) groups excluding carboxylic acids is 1. The molecule has 0 unspecified atom stereocenters. The molecule has 3 N–H and O–H groups in total. The van der Waals surface area contributed by atoms with Gasteiger partial charge in [-0.05, 0) is 25.0 Å². The van der Waals surface area contributed by atoms with Crippen LogP contribution in [0.5, 0.6) is 0 Å². The number of amides is 1. The lowest BCUT2D eigenvalue weighted by Crippen LogP contribution is -2.12. The summed E-state index contributed by atoms with van der Waals surface area (Å²) < 4.78 is 0. The zero-order chi connectivity index (χ0) is 10.4. The van der Waals surface area contributed by atoms with E-state index in [1.807, 2.05) is 12.1 Å². The van der Waals surface area contributed by atoms with Crippen LogP contribution in [-0.2, 0) is 0 Å². The number of nitrogens with one attached hydrogen (secondary N) is 1. The Bertz CT molecular complexity index is 541. The molecule has 1 saturated carbocycles. The fourth-order valence-electron chi connectivity index (χ4n) is 1.69. The van der Waals surface area contributed by atoms with E-state index in [-0.39, 0.29) is 5.69 Å². The van der Waals surface area contributed by atoms with Crippen molar-refractivity contribution in [1.82, 2.24) is 15.2 Å². The van der Waals surface area contributed by atoms with E-state index in [1.165, 1.54) is 12.8 Å². The molecule has 2 heterocycles. The van der Waals surface area contributed by atoms with Crippen molar-refractivity contribution >= 4 is 16.9 Å². The third kappa shape index (κ3) is 1.27. The number of aromatic amines is 1. The van der Waals surface area contributed by atoms with E-state index in [0.29, 0.717) is 11.4 Å². The van der Waals surface area contributed by atoms with E-state index < -0.39 is 5.91 Å². The Balaban J connectivity index is 2.21. The molecule has 0 radical (unpaired) electrons. The maximum Gasteiger partial charge on any atom is 0.271 e. The smallest absolute Gasteiger partial charge is 0.271 e. The molecule has 0 spiro atoms. The minimum atomic E-state index is -0.540. The molecule has 0 atom stereocenters. The number of carbonyl (C=O) groups is 1. The molecule has 2 aromatic rings. The summed E-state index contributed by atoms with van der Waals surface area (Å²) in [7, 11) is 0. The lowest BCUT2D eigenvalue weighted by Gasteiger charge is -1.96. The average Bonchev–Trinajstić information content (AvgIpc) is 2.97. The van der Waals surface area contributed by atoms with Crippen molar-refractivity contribution in [3.63, 3.8) is 0 Å². The SMILES string of the molecule is NC(=O)c1n[nH]c2ccc(C3CC3)nc12. The van der Waals surface area contributed by atoms with Crippen molar-refractivity contribution in [2.24, 2.45) is 5.73 Å². The molecule has 0 aromatic carbocycles. The van der Waals surface area contributed by atoms with Gasteiger partial charge in [0.05, 0.1) is 5.52 Å². The molecule has 1 aliphatic rings. The number of nitrogens with two attached hydrogens (primary N) is 1. The van der Waals surface area contributed by atoms with Gasteiger partial charge >= 0.3 is 0 Å². The van der Waals surface area contributed by atoms with Crippen LogP contribution in [0.2, 0.25) is 0 Å². The molecule has 0 saturated heterocycles. The Morgan fingerprint density at radius 3 is 2.93 bits per heavy atom. The van der Waals surface area contributed by atoms with E-state index in [0.717, 1.165) is 11.2 Å². The highest BCUT2D eigenvalue weighted by Crippen LogP contribution is 2.39. The van der Waals surface area contributed by atoms with Gasteiger partial charge in [-0.25, -0.2) is 4.98 Å². The molecule has 3 rings (SSSR count). The first kappa shape index (κ1) is 8.40. The number of primary amides is 1. The highest BCUT2D eigenvalue weighted by atomic mass is 16.1. The van der Waals surface area contributed by atoms with Crippen LogP contribution in [0.4, 0.5) is 0 Å². The number of H-pyrrole nitrogens is 1. The molecular weight excluding hydrogens is 192 g/mol. The van der Waals surface area contributed by atoms with E-state index >= 15 is 0 Å². The van der Waals surface area contributed by atoms with Crippen molar-refractivity contribution in [1.29, 1.82) is 0 Å². The third-order valence-electron chi connectivity index (χ3n) is 2.66. The van der Waals surface area contributed by atoms with Crippen LogP contribution in [0.15, 0.2) is 12.1 Å². The first-order valence-corrected chi connectivity index (χ1v) is 4.90. The molecule has 0 bridgehead atoms. The van der Waals surface area contributed by atoms with Crippen LogP contribution in [-0.4, -0.2) is 21.1 Å². The maximum absolute atomic E-state index is 11.1. The van der Waals surface area contributed by atoms with Gasteiger partial charge in [0.15, 0.2) is 5.69 Å². The zero-order valence-corrected chi connectivity index (χ0v) is 8.03.